The number of carbonyl (C=O) groups excluding carboxylic acids is 1. The number of fused-ring (bicyclic) bond motifs is 1. The van der Waals surface area contributed by atoms with Crippen LogP contribution in [0.1, 0.15) is 13.8 Å². The Morgan fingerprint density at radius 3 is 2.54 bits per heavy atom. The lowest BCUT2D eigenvalue weighted by atomic mass is 10.1. The molecule has 0 spiro atoms. The molecular weight excluding hydrogens is 345 g/mol. The monoisotopic (exact) mass is 361 g/mol. The van der Waals surface area contributed by atoms with Crippen molar-refractivity contribution in [1.29, 1.82) is 0 Å². The molecule has 0 saturated heterocycles. The summed E-state index contributed by atoms with van der Waals surface area (Å²) in [6.07, 6.45) is 0. The minimum atomic E-state index is -0.0867. The molecule has 0 bridgehead atoms. The Hall–Kier alpha value is -2.04. The van der Waals surface area contributed by atoms with E-state index in [2.05, 4.69) is 9.97 Å². The van der Waals surface area contributed by atoms with Crippen LogP contribution in [0.2, 0.25) is 10.0 Å². The largest absolute Gasteiger partial charge is 0.338 e. The number of hydrogen-bond acceptors (Lipinski definition) is 2. The number of aromatic amines is 1. The molecule has 124 valence electrons. The third kappa shape index (κ3) is 2.99. The van der Waals surface area contributed by atoms with Crippen molar-refractivity contribution in [3.63, 3.8) is 0 Å². The van der Waals surface area contributed by atoms with Crippen LogP contribution < -0.4 is 4.90 Å². The molecule has 0 unspecified atom stereocenters. The van der Waals surface area contributed by atoms with E-state index in [1.807, 2.05) is 38.1 Å². The van der Waals surface area contributed by atoms with Crippen molar-refractivity contribution in [3.8, 4) is 11.4 Å². The molecule has 0 atom stereocenters. The fourth-order valence-electron chi connectivity index (χ4n) is 2.60. The van der Waals surface area contributed by atoms with Gasteiger partial charge in [-0.2, -0.15) is 0 Å². The molecule has 4 nitrogen and oxygen atoms in total. The van der Waals surface area contributed by atoms with Gasteiger partial charge in [0.15, 0.2) is 0 Å². The van der Waals surface area contributed by atoms with E-state index in [4.69, 9.17) is 23.2 Å². The lowest BCUT2D eigenvalue weighted by Crippen LogP contribution is -2.30. The van der Waals surface area contributed by atoms with E-state index in [0.717, 1.165) is 22.3 Å². The van der Waals surface area contributed by atoms with E-state index in [1.54, 1.807) is 24.1 Å². The highest BCUT2D eigenvalue weighted by atomic mass is 35.5. The predicted molar refractivity (Wildman–Crippen MR) is 99.8 cm³/mol. The normalized spacial score (nSPS) is 11.2. The summed E-state index contributed by atoms with van der Waals surface area (Å²) in [5, 5.41) is 0.933. The topological polar surface area (TPSA) is 49.0 Å². The molecule has 1 aromatic heterocycles. The van der Waals surface area contributed by atoms with Crippen molar-refractivity contribution in [3.05, 3.63) is 46.4 Å². The fourth-order valence-corrected chi connectivity index (χ4v) is 2.93. The minimum absolute atomic E-state index is 0.0460. The lowest BCUT2D eigenvalue weighted by molar-refractivity contribution is -0.121. The van der Waals surface area contributed by atoms with Crippen LogP contribution in [0.25, 0.3) is 22.4 Å². The number of nitrogens with one attached hydrogen (secondary N) is 1. The maximum Gasteiger partial charge on any atom is 0.229 e. The molecule has 1 N–H and O–H groups in total. The van der Waals surface area contributed by atoms with Crippen LogP contribution in [-0.2, 0) is 4.79 Å². The molecule has 24 heavy (non-hydrogen) atoms. The second-order valence-corrected chi connectivity index (χ2v) is 6.75. The Morgan fingerprint density at radius 1 is 1.17 bits per heavy atom. The zero-order valence-electron chi connectivity index (χ0n) is 13.6. The molecule has 0 aliphatic carbocycles. The summed E-state index contributed by atoms with van der Waals surface area (Å²) in [5.74, 6) is 0.628. The summed E-state index contributed by atoms with van der Waals surface area (Å²) in [6.45, 7) is 3.76. The Bertz CT molecular complexity index is 879. The summed E-state index contributed by atoms with van der Waals surface area (Å²) in [7, 11) is 1.78. The quantitative estimate of drug-likeness (QED) is 0.700. The molecule has 6 heteroatoms. The first-order chi connectivity index (χ1) is 11.4. The van der Waals surface area contributed by atoms with Crippen LogP contribution in [-0.4, -0.2) is 22.9 Å². The van der Waals surface area contributed by atoms with Crippen LogP contribution in [0.3, 0.4) is 0 Å². The first-order valence-corrected chi connectivity index (χ1v) is 8.36. The van der Waals surface area contributed by atoms with Gasteiger partial charge < -0.3 is 9.88 Å². The van der Waals surface area contributed by atoms with Gasteiger partial charge in [0.2, 0.25) is 5.91 Å². The van der Waals surface area contributed by atoms with Crippen LogP contribution >= 0.6 is 23.2 Å². The van der Waals surface area contributed by atoms with Crippen molar-refractivity contribution < 1.29 is 4.79 Å². The second kappa shape index (κ2) is 6.46. The Morgan fingerprint density at radius 2 is 1.83 bits per heavy atom. The van der Waals surface area contributed by atoms with Gasteiger partial charge in [-0.3, -0.25) is 4.79 Å². The van der Waals surface area contributed by atoms with E-state index in [-0.39, 0.29) is 11.8 Å². The van der Waals surface area contributed by atoms with E-state index >= 15 is 0 Å². The minimum Gasteiger partial charge on any atom is -0.338 e. The number of rotatable bonds is 3. The van der Waals surface area contributed by atoms with Crippen LogP contribution in [0.15, 0.2) is 36.4 Å². The highest BCUT2D eigenvalue weighted by molar-refractivity contribution is 6.42. The molecule has 0 aliphatic rings. The number of aromatic nitrogens is 2. The Balaban J connectivity index is 2.12. The summed E-state index contributed by atoms with van der Waals surface area (Å²) in [4.78, 5) is 21.9. The van der Waals surface area contributed by atoms with E-state index in [1.165, 1.54) is 0 Å². The van der Waals surface area contributed by atoms with Crippen molar-refractivity contribution in [2.75, 3.05) is 11.9 Å². The number of halogens is 2. The van der Waals surface area contributed by atoms with Crippen LogP contribution in [0.5, 0.6) is 0 Å². The molecule has 3 rings (SSSR count). The zero-order valence-corrected chi connectivity index (χ0v) is 15.1. The van der Waals surface area contributed by atoms with Crippen molar-refractivity contribution in [1.82, 2.24) is 9.97 Å². The van der Waals surface area contributed by atoms with E-state index < -0.39 is 0 Å². The third-order valence-corrected chi connectivity index (χ3v) is 4.59. The highest BCUT2D eigenvalue weighted by Gasteiger charge is 2.19. The number of benzene rings is 2. The fraction of sp³-hybridized carbons (Fsp3) is 0.222. The van der Waals surface area contributed by atoms with Gasteiger partial charge in [0.1, 0.15) is 5.82 Å². The number of anilines is 1. The number of carbonyl (C=O) groups is 1. The number of amides is 1. The van der Waals surface area contributed by atoms with Crippen molar-refractivity contribution in [2.45, 2.75) is 13.8 Å². The van der Waals surface area contributed by atoms with Gasteiger partial charge in [0, 0.05) is 18.5 Å². The zero-order chi connectivity index (χ0) is 17.4. The summed E-state index contributed by atoms with van der Waals surface area (Å²) < 4.78 is 0. The van der Waals surface area contributed by atoms with Gasteiger partial charge in [-0.1, -0.05) is 49.2 Å². The molecule has 3 aromatic rings. The molecule has 1 amide bonds. The smallest absolute Gasteiger partial charge is 0.229 e. The van der Waals surface area contributed by atoms with Gasteiger partial charge in [0.25, 0.3) is 0 Å². The standard InChI is InChI=1S/C18H17Cl2N3O/c1-10(2)18(24)23(3)16-7-5-4-6-11(16)17-21-14-8-12(19)13(20)9-15(14)22-17/h4-10H,1-3H3,(H,21,22). The molecule has 0 saturated carbocycles. The van der Waals surface area contributed by atoms with Gasteiger partial charge in [-0.05, 0) is 24.3 Å². The number of hydrogen-bond donors (Lipinski definition) is 1. The van der Waals surface area contributed by atoms with E-state index in [0.29, 0.717) is 15.9 Å². The number of nitrogens with zero attached hydrogens (tertiary/aromatic N) is 2. The molecule has 0 fully saturated rings. The van der Waals surface area contributed by atoms with Crippen LogP contribution in [0, 0.1) is 5.92 Å². The summed E-state index contributed by atoms with van der Waals surface area (Å²) >= 11 is 12.1. The average Bonchev–Trinajstić information content (AvgIpc) is 2.96. The first kappa shape index (κ1) is 16.8. The molecule has 1 heterocycles. The van der Waals surface area contributed by atoms with Gasteiger partial charge >= 0.3 is 0 Å². The Labute approximate surface area is 150 Å². The van der Waals surface area contributed by atoms with Gasteiger partial charge in [0.05, 0.1) is 26.8 Å². The Kier molecular flexibility index (Phi) is 4.52. The molecule has 2 aromatic carbocycles. The van der Waals surface area contributed by atoms with Crippen molar-refractivity contribution in [2.24, 2.45) is 5.92 Å². The third-order valence-electron chi connectivity index (χ3n) is 3.87. The van der Waals surface area contributed by atoms with Gasteiger partial charge in [-0.15, -0.1) is 0 Å². The number of para-hydroxylation sites is 1. The maximum absolute atomic E-state index is 12.3. The average molecular weight is 362 g/mol. The van der Waals surface area contributed by atoms with Crippen molar-refractivity contribution >= 4 is 45.8 Å². The van der Waals surface area contributed by atoms with Gasteiger partial charge in [-0.25, -0.2) is 4.98 Å². The van der Waals surface area contributed by atoms with E-state index in [9.17, 15) is 4.79 Å². The molecular formula is C18H17Cl2N3O. The lowest BCUT2D eigenvalue weighted by Gasteiger charge is -2.21. The predicted octanol–water partition coefficient (Wildman–Crippen LogP) is 5.16. The molecule has 0 radical (unpaired) electrons. The molecule has 0 aliphatic heterocycles. The summed E-state index contributed by atoms with van der Waals surface area (Å²) in [5.41, 5.74) is 3.17. The second-order valence-electron chi connectivity index (χ2n) is 5.94. The van der Waals surface area contributed by atoms with Crippen LogP contribution in [0.4, 0.5) is 5.69 Å². The number of H-pyrrole nitrogens is 1. The first-order valence-electron chi connectivity index (χ1n) is 7.60. The highest BCUT2D eigenvalue weighted by Crippen LogP contribution is 2.32. The SMILES string of the molecule is CC(C)C(=O)N(C)c1ccccc1-c1nc2cc(Cl)c(Cl)cc2[nH]1. The summed E-state index contributed by atoms with van der Waals surface area (Å²) in [6, 6.07) is 11.1. The maximum atomic E-state index is 12.3. The number of imidazole rings is 1.